The van der Waals surface area contributed by atoms with Crippen molar-refractivity contribution in [3.8, 4) is 89.3 Å². The van der Waals surface area contributed by atoms with Gasteiger partial charge in [0.15, 0.2) is 0 Å². The maximum absolute atomic E-state index is 2.52. The van der Waals surface area contributed by atoms with Gasteiger partial charge in [0.2, 0.25) is 0 Å². The molecule has 4 heterocycles. The highest BCUT2D eigenvalue weighted by atomic mass is 32.1. The van der Waals surface area contributed by atoms with E-state index in [1.807, 2.05) is 22.7 Å². The lowest BCUT2D eigenvalue weighted by atomic mass is 9.84. The zero-order chi connectivity index (χ0) is 83.6. The first-order valence-electron chi connectivity index (χ1n) is 43.8. The second-order valence-electron chi connectivity index (χ2n) is 33.8. The molecule has 0 fully saturated rings. The van der Waals surface area contributed by atoms with Crippen molar-refractivity contribution >= 4 is 156 Å². The molecule has 25 aromatic rings. The van der Waals surface area contributed by atoms with E-state index >= 15 is 0 Å². The maximum atomic E-state index is 2.52. The molecular weight excluding hydrogens is 1570 g/mol. The highest BCUT2D eigenvalue weighted by molar-refractivity contribution is 7.26. The van der Waals surface area contributed by atoms with Gasteiger partial charge in [0.25, 0.3) is 0 Å². The minimum Gasteiger partial charge on any atom is -0.310 e. The van der Waals surface area contributed by atoms with E-state index in [1.165, 1.54) is 183 Å². The van der Waals surface area contributed by atoms with Gasteiger partial charge in [0.05, 0.1) is 22.1 Å². The molecule has 0 saturated heterocycles. The number of fused-ring (bicyclic) bond motifs is 16. The highest BCUT2D eigenvalue weighted by Gasteiger charge is 2.25. The van der Waals surface area contributed by atoms with Crippen molar-refractivity contribution in [3.05, 3.63) is 478 Å². The summed E-state index contributed by atoms with van der Waals surface area (Å²) in [6.07, 6.45) is 0.821. The van der Waals surface area contributed by atoms with Gasteiger partial charge in [0, 0.05) is 102 Å². The summed E-state index contributed by atoms with van der Waals surface area (Å²) in [7, 11) is 0. The van der Waals surface area contributed by atoms with Crippen molar-refractivity contribution in [2.75, 3.05) is 4.90 Å². The van der Waals surface area contributed by atoms with E-state index in [2.05, 4.69) is 475 Å². The first-order valence-corrected chi connectivity index (χ1v) is 45.4. The van der Waals surface area contributed by atoms with Gasteiger partial charge in [-0.1, -0.05) is 328 Å². The normalized spacial score (nSPS) is 12.1. The molecule has 0 radical (unpaired) electrons. The summed E-state index contributed by atoms with van der Waals surface area (Å²) in [5.41, 5.74) is 30.7. The summed E-state index contributed by atoms with van der Waals surface area (Å²) in [6, 6.07) is 173. The first-order chi connectivity index (χ1) is 62.9. The molecule has 0 amide bonds. The summed E-state index contributed by atoms with van der Waals surface area (Å²) in [6.45, 7) is 0. The largest absolute Gasteiger partial charge is 0.310 e. The van der Waals surface area contributed by atoms with E-state index in [9.17, 15) is 0 Å². The van der Waals surface area contributed by atoms with Gasteiger partial charge in [-0.25, -0.2) is 0 Å². The van der Waals surface area contributed by atoms with Crippen molar-refractivity contribution in [3.63, 3.8) is 0 Å². The first kappa shape index (κ1) is 73.9. The SMILES string of the molecule is c1ccc(-c2ccc(N(c3ccc(-c4ccccc4)cc3)c3ccc4sc5ccc(-c6cc(-c7cccc(-c8ccc(CC(c9ccc%10ccccc%10c9)c9ccc%10sc%11ccc(-c%12ccc%13c%14ccc%15ccccc%15c%14n(-c%14ccc%15ccccc%15c%14)c%13c%12)cc%11c%10c9)cc8)c7)c7c8ccccc8n(-c8cccc(-c9ccccc9)c8)c7c6)cc5c4c3)cc2)cc1. The van der Waals surface area contributed by atoms with Crippen molar-refractivity contribution in [1.29, 1.82) is 0 Å². The molecule has 0 saturated carbocycles. The number of para-hydroxylation sites is 1. The van der Waals surface area contributed by atoms with Crippen LogP contribution >= 0.6 is 22.7 Å². The lowest BCUT2D eigenvalue weighted by molar-refractivity contribution is 0.808. The van der Waals surface area contributed by atoms with Crippen LogP contribution in [-0.4, -0.2) is 9.13 Å². The summed E-state index contributed by atoms with van der Waals surface area (Å²) in [4.78, 5) is 2.41. The fourth-order valence-corrected chi connectivity index (χ4v) is 22.3. The van der Waals surface area contributed by atoms with Gasteiger partial charge in [-0.15, -0.1) is 22.7 Å². The number of thiophene rings is 2. The molecule has 21 aromatic carbocycles. The van der Waals surface area contributed by atoms with E-state index in [1.54, 1.807) is 0 Å². The van der Waals surface area contributed by atoms with E-state index in [4.69, 9.17) is 0 Å². The molecule has 1 unspecified atom stereocenters. The zero-order valence-corrected chi connectivity index (χ0v) is 71.0. The Morgan fingerprint density at radius 1 is 0.213 bits per heavy atom. The average Bonchev–Trinajstić information content (AvgIpc) is 1.56. The van der Waals surface area contributed by atoms with Crippen LogP contribution in [-0.2, 0) is 6.42 Å². The molecule has 25 rings (SSSR count). The van der Waals surface area contributed by atoms with E-state index < -0.39 is 0 Å². The summed E-state index contributed by atoms with van der Waals surface area (Å²) in [5, 5.41) is 17.4. The third-order valence-corrected chi connectivity index (χ3v) is 28.7. The standard InChI is InChI=1S/C122H79N3S2/c1-4-20-79(21-5-1)84-44-54-99(55-45-84)123(100-56-46-85(47-57-100)80-22-6-2-7-23-80)103-59-65-120-113(77-103)111-72-93(52-63-118(111)127-120)98-74-109(121-107-36-16-17-37-114(107)124(116(121)76-98)101-34-19-32-91(69-101)81-24-8-3-9-25-81)95-33-18-31-89(67-95)86-40-38-78(39-41-86)66-108(96-43-42-82-26-10-12-29-88(82)68-96)97-53-64-119-112(73-97)110-71-92(51-62-117(110)126-119)94-50-60-105-106-61-49-87-28-14-15-35-104(87)122(106)125(115(105)75-94)102-58-48-83-27-11-13-30-90(83)70-102/h1-65,67-77,108H,66H2. The second-order valence-corrected chi connectivity index (χ2v) is 36.0. The van der Waals surface area contributed by atoms with Crippen molar-refractivity contribution in [2.45, 2.75) is 12.3 Å². The van der Waals surface area contributed by atoms with Crippen LogP contribution in [0.5, 0.6) is 0 Å². The summed E-state index contributed by atoms with van der Waals surface area (Å²) in [5.74, 6) is 0.0695. The average molecular weight is 1650 g/mol. The molecule has 1 atom stereocenters. The Labute approximate surface area is 743 Å². The lowest BCUT2D eigenvalue weighted by Gasteiger charge is -2.26. The zero-order valence-electron chi connectivity index (χ0n) is 69.3. The number of rotatable bonds is 16. The molecule has 0 spiro atoms. The van der Waals surface area contributed by atoms with E-state index in [0.29, 0.717) is 0 Å². The molecule has 0 aliphatic carbocycles. The van der Waals surface area contributed by atoms with Crippen molar-refractivity contribution in [1.82, 2.24) is 9.13 Å². The minimum absolute atomic E-state index is 0.0695. The van der Waals surface area contributed by atoms with Gasteiger partial charge < -0.3 is 14.0 Å². The number of hydrogen-bond acceptors (Lipinski definition) is 3. The number of aromatic nitrogens is 2. The van der Waals surface area contributed by atoms with Crippen molar-refractivity contribution in [2.24, 2.45) is 0 Å². The predicted octanol–water partition coefficient (Wildman–Crippen LogP) is 34.6. The van der Waals surface area contributed by atoms with Crippen LogP contribution in [0.15, 0.2) is 461 Å². The molecule has 3 nitrogen and oxygen atoms in total. The van der Waals surface area contributed by atoms with Crippen LogP contribution in [0.4, 0.5) is 17.1 Å². The number of nitrogens with zero attached hydrogens (tertiary/aromatic N) is 3. The van der Waals surface area contributed by atoms with Gasteiger partial charge in [-0.2, -0.15) is 0 Å². The number of benzene rings is 21. The van der Waals surface area contributed by atoms with Gasteiger partial charge in [0.1, 0.15) is 0 Å². The molecule has 0 bridgehead atoms. The number of anilines is 3. The van der Waals surface area contributed by atoms with E-state index in [0.717, 1.165) is 62.6 Å². The van der Waals surface area contributed by atoms with Gasteiger partial charge in [-0.3, -0.25) is 0 Å². The summed E-state index contributed by atoms with van der Waals surface area (Å²) < 4.78 is 10.1. The molecule has 0 aliphatic heterocycles. The van der Waals surface area contributed by atoms with E-state index in [-0.39, 0.29) is 5.92 Å². The predicted molar refractivity (Wildman–Crippen MR) is 545 cm³/mol. The molecule has 5 heteroatoms. The van der Waals surface area contributed by atoms with Gasteiger partial charge >= 0.3 is 0 Å². The third kappa shape index (κ3) is 13.1. The second kappa shape index (κ2) is 30.6. The fraction of sp³-hybridized carbons (Fsp3) is 0.0164. The molecular formula is C122H79N3S2. The number of hydrogen-bond donors (Lipinski definition) is 0. The van der Waals surface area contributed by atoms with Crippen molar-refractivity contribution < 1.29 is 0 Å². The van der Waals surface area contributed by atoms with Crippen LogP contribution < -0.4 is 4.90 Å². The quantitative estimate of drug-likeness (QED) is 0.0940. The monoisotopic (exact) mass is 1650 g/mol. The van der Waals surface area contributed by atoms with Crippen LogP contribution in [0.2, 0.25) is 0 Å². The fourth-order valence-electron chi connectivity index (χ4n) is 20.1. The van der Waals surface area contributed by atoms with Crippen LogP contribution in [0.25, 0.3) is 206 Å². The summed E-state index contributed by atoms with van der Waals surface area (Å²) >= 11 is 3.75. The Balaban J connectivity index is 0.585. The molecule has 4 aromatic heterocycles. The van der Waals surface area contributed by atoms with Crippen LogP contribution in [0.1, 0.15) is 22.6 Å². The Hall–Kier alpha value is -15.8. The maximum Gasteiger partial charge on any atom is 0.0619 e. The smallest absolute Gasteiger partial charge is 0.0619 e. The Kier molecular flexibility index (Phi) is 17.8. The van der Waals surface area contributed by atoms with Crippen LogP contribution in [0, 0.1) is 0 Å². The Morgan fingerprint density at radius 3 is 1.33 bits per heavy atom. The minimum atomic E-state index is 0.0695. The molecule has 0 aliphatic rings. The molecule has 127 heavy (non-hydrogen) atoms. The Bertz CT molecular complexity index is 8570. The molecule has 0 N–H and O–H groups in total. The lowest BCUT2D eigenvalue weighted by Crippen LogP contribution is -2.09. The molecule has 594 valence electrons. The third-order valence-electron chi connectivity index (χ3n) is 26.4. The topological polar surface area (TPSA) is 13.1 Å². The highest BCUT2D eigenvalue weighted by Crippen LogP contribution is 2.49. The Morgan fingerprint density at radius 2 is 0.646 bits per heavy atom. The van der Waals surface area contributed by atoms with Crippen LogP contribution in [0.3, 0.4) is 0 Å². The van der Waals surface area contributed by atoms with Gasteiger partial charge in [-0.05, 0) is 261 Å².